The zero-order valence-electron chi connectivity index (χ0n) is 12.2. The Balaban J connectivity index is 2.15. The topological polar surface area (TPSA) is 43.4 Å². The molecule has 1 N–H and O–H groups in total. The average molecular weight is 351 g/mol. The van der Waals surface area contributed by atoms with Crippen LogP contribution >= 0.6 is 15.9 Å². The minimum atomic E-state index is 0.737. The molecule has 112 valence electrons. The van der Waals surface area contributed by atoms with Gasteiger partial charge in [-0.2, -0.15) is 0 Å². The number of aromatic nitrogens is 1. The summed E-state index contributed by atoms with van der Waals surface area (Å²) < 4.78 is 12.0. The first-order chi connectivity index (χ1) is 10.2. The molecule has 0 aliphatic heterocycles. The Morgan fingerprint density at radius 2 is 2.10 bits per heavy atom. The fourth-order valence-electron chi connectivity index (χ4n) is 1.86. The minimum Gasteiger partial charge on any atom is -0.497 e. The number of hydrogen-bond donors (Lipinski definition) is 1. The lowest BCUT2D eigenvalue weighted by molar-refractivity contribution is 0.412. The van der Waals surface area contributed by atoms with Crippen molar-refractivity contribution < 1.29 is 9.47 Å². The summed E-state index contributed by atoms with van der Waals surface area (Å²) in [6.45, 7) is 3.89. The van der Waals surface area contributed by atoms with Gasteiger partial charge in [0, 0.05) is 18.3 Å². The number of rotatable bonds is 7. The molecule has 0 atom stereocenters. The average Bonchev–Trinajstić information content (AvgIpc) is 2.51. The standard InChI is InChI=1S/C16H19BrN2O2/c1-3-7-18-10-12-6-8-19-11-16(12)21-15-5-4-13(20-2)9-14(15)17/h4-6,8-9,11,18H,3,7,10H2,1-2H3. The molecule has 2 aromatic rings. The zero-order valence-corrected chi connectivity index (χ0v) is 13.8. The molecule has 0 saturated carbocycles. The van der Waals surface area contributed by atoms with Gasteiger partial charge in [-0.1, -0.05) is 6.92 Å². The molecule has 1 heterocycles. The van der Waals surface area contributed by atoms with Crippen molar-refractivity contribution in [1.82, 2.24) is 10.3 Å². The molecule has 0 aliphatic carbocycles. The molecule has 0 radical (unpaired) electrons. The van der Waals surface area contributed by atoms with Crippen LogP contribution in [0.1, 0.15) is 18.9 Å². The smallest absolute Gasteiger partial charge is 0.150 e. The van der Waals surface area contributed by atoms with Crippen LogP contribution in [0.4, 0.5) is 0 Å². The van der Waals surface area contributed by atoms with Gasteiger partial charge in [0.15, 0.2) is 0 Å². The van der Waals surface area contributed by atoms with Crippen molar-refractivity contribution >= 4 is 15.9 Å². The monoisotopic (exact) mass is 350 g/mol. The third-order valence-electron chi connectivity index (χ3n) is 2.97. The summed E-state index contributed by atoms with van der Waals surface area (Å²) in [7, 11) is 1.64. The molecule has 21 heavy (non-hydrogen) atoms. The van der Waals surface area contributed by atoms with Gasteiger partial charge < -0.3 is 14.8 Å². The molecule has 5 heteroatoms. The minimum absolute atomic E-state index is 0.737. The number of hydrogen-bond acceptors (Lipinski definition) is 4. The van der Waals surface area contributed by atoms with Gasteiger partial charge in [0.2, 0.25) is 0 Å². The summed E-state index contributed by atoms with van der Waals surface area (Å²) in [5.41, 5.74) is 1.08. The highest BCUT2D eigenvalue weighted by Gasteiger charge is 2.08. The number of methoxy groups -OCH3 is 1. The molecule has 0 saturated heterocycles. The predicted molar refractivity (Wildman–Crippen MR) is 87.0 cm³/mol. The summed E-state index contributed by atoms with van der Waals surface area (Å²) >= 11 is 3.49. The molecule has 4 nitrogen and oxygen atoms in total. The Morgan fingerprint density at radius 1 is 1.24 bits per heavy atom. The van der Waals surface area contributed by atoms with Crippen LogP contribution in [0, 0.1) is 0 Å². The first-order valence-electron chi connectivity index (χ1n) is 6.89. The van der Waals surface area contributed by atoms with Gasteiger partial charge in [-0.3, -0.25) is 4.98 Å². The molecule has 0 fully saturated rings. The van der Waals surface area contributed by atoms with E-state index < -0.39 is 0 Å². The SMILES string of the molecule is CCCNCc1ccncc1Oc1ccc(OC)cc1Br. The van der Waals surface area contributed by atoms with Crippen molar-refractivity contribution in [2.75, 3.05) is 13.7 Å². The van der Waals surface area contributed by atoms with E-state index in [0.717, 1.165) is 46.8 Å². The normalized spacial score (nSPS) is 10.4. The van der Waals surface area contributed by atoms with Crippen molar-refractivity contribution in [2.45, 2.75) is 19.9 Å². The zero-order chi connectivity index (χ0) is 15.1. The largest absolute Gasteiger partial charge is 0.497 e. The van der Waals surface area contributed by atoms with E-state index in [2.05, 4.69) is 33.2 Å². The molecule has 1 aromatic heterocycles. The lowest BCUT2D eigenvalue weighted by Crippen LogP contribution is -2.14. The van der Waals surface area contributed by atoms with Crippen LogP contribution < -0.4 is 14.8 Å². The molecule has 0 unspecified atom stereocenters. The van der Waals surface area contributed by atoms with E-state index in [0.29, 0.717) is 0 Å². The Morgan fingerprint density at radius 3 is 2.81 bits per heavy atom. The van der Waals surface area contributed by atoms with Crippen LogP contribution in [0.2, 0.25) is 0 Å². The molecule has 1 aromatic carbocycles. The van der Waals surface area contributed by atoms with E-state index in [9.17, 15) is 0 Å². The molecule has 0 aliphatic rings. The van der Waals surface area contributed by atoms with Crippen molar-refractivity contribution in [2.24, 2.45) is 0 Å². The van der Waals surface area contributed by atoms with Crippen LogP contribution in [-0.4, -0.2) is 18.6 Å². The van der Waals surface area contributed by atoms with E-state index in [-0.39, 0.29) is 0 Å². The highest BCUT2D eigenvalue weighted by Crippen LogP contribution is 2.33. The number of nitrogens with zero attached hydrogens (tertiary/aromatic N) is 1. The van der Waals surface area contributed by atoms with E-state index in [1.807, 2.05) is 24.3 Å². The summed E-state index contributed by atoms with van der Waals surface area (Å²) in [5.74, 6) is 2.28. The Hall–Kier alpha value is -1.59. The molecular formula is C16H19BrN2O2. The quantitative estimate of drug-likeness (QED) is 0.762. The van der Waals surface area contributed by atoms with Crippen LogP contribution in [0.3, 0.4) is 0 Å². The maximum atomic E-state index is 5.97. The van der Waals surface area contributed by atoms with Gasteiger partial charge in [-0.05, 0) is 53.2 Å². The summed E-state index contributed by atoms with van der Waals surface area (Å²) in [5, 5.41) is 3.37. The maximum absolute atomic E-state index is 5.97. The summed E-state index contributed by atoms with van der Waals surface area (Å²) in [6.07, 6.45) is 4.61. The lowest BCUT2D eigenvalue weighted by Gasteiger charge is -2.13. The molecule has 0 bridgehead atoms. The van der Waals surface area contributed by atoms with Crippen LogP contribution in [0.5, 0.6) is 17.2 Å². The van der Waals surface area contributed by atoms with Gasteiger partial charge in [0.1, 0.15) is 17.2 Å². The second kappa shape index (κ2) is 8.00. The highest BCUT2D eigenvalue weighted by molar-refractivity contribution is 9.10. The van der Waals surface area contributed by atoms with Crippen molar-refractivity contribution in [3.05, 3.63) is 46.7 Å². The third kappa shape index (κ3) is 4.44. The maximum Gasteiger partial charge on any atom is 0.150 e. The molecule has 2 rings (SSSR count). The number of benzene rings is 1. The summed E-state index contributed by atoms with van der Waals surface area (Å²) in [4.78, 5) is 4.14. The number of halogens is 1. The fraction of sp³-hybridized carbons (Fsp3) is 0.312. The van der Waals surface area contributed by atoms with Gasteiger partial charge in [0.25, 0.3) is 0 Å². The first-order valence-corrected chi connectivity index (χ1v) is 7.69. The second-order valence-electron chi connectivity index (χ2n) is 4.56. The highest BCUT2D eigenvalue weighted by atomic mass is 79.9. The van der Waals surface area contributed by atoms with E-state index >= 15 is 0 Å². The summed E-state index contributed by atoms with van der Waals surface area (Å²) in [6, 6.07) is 7.58. The van der Waals surface area contributed by atoms with Crippen LogP contribution in [0.25, 0.3) is 0 Å². The van der Waals surface area contributed by atoms with E-state index in [1.54, 1.807) is 19.5 Å². The van der Waals surface area contributed by atoms with Crippen molar-refractivity contribution in [1.29, 1.82) is 0 Å². The van der Waals surface area contributed by atoms with Gasteiger partial charge in [-0.25, -0.2) is 0 Å². The Bertz CT molecular complexity index is 590. The molecule has 0 spiro atoms. The number of ether oxygens (including phenoxy) is 2. The van der Waals surface area contributed by atoms with Gasteiger partial charge in [0.05, 0.1) is 17.8 Å². The first kappa shape index (κ1) is 15.8. The predicted octanol–water partition coefficient (Wildman–Crippen LogP) is 4.14. The van der Waals surface area contributed by atoms with Crippen molar-refractivity contribution in [3.8, 4) is 17.2 Å². The molecular weight excluding hydrogens is 332 g/mol. The van der Waals surface area contributed by atoms with Gasteiger partial charge in [-0.15, -0.1) is 0 Å². The Labute approximate surface area is 133 Å². The van der Waals surface area contributed by atoms with Crippen LogP contribution in [-0.2, 0) is 6.54 Å². The van der Waals surface area contributed by atoms with E-state index in [4.69, 9.17) is 9.47 Å². The second-order valence-corrected chi connectivity index (χ2v) is 5.41. The number of nitrogens with one attached hydrogen (secondary N) is 1. The number of pyridine rings is 1. The Kier molecular flexibility index (Phi) is 6.02. The fourth-order valence-corrected chi connectivity index (χ4v) is 2.30. The van der Waals surface area contributed by atoms with E-state index in [1.165, 1.54) is 0 Å². The van der Waals surface area contributed by atoms with Crippen molar-refractivity contribution in [3.63, 3.8) is 0 Å². The van der Waals surface area contributed by atoms with Crippen LogP contribution in [0.15, 0.2) is 41.1 Å². The lowest BCUT2D eigenvalue weighted by atomic mass is 10.2. The van der Waals surface area contributed by atoms with Gasteiger partial charge >= 0.3 is 0 Å². The molecule has 0 amide bonds. The third-order valence-corrected chi connectivity index (χ3v) is 3.59.